The van der Waals surface area contributed by atoms with Gasteiger partial charge < -0.3 is 9.73 Å². The first-order chi connectivity index (χ1) is 9.85. The Bertz CT molecular complexity index is 667. The van der Waals surface area contributed by atoms with E-state index in [2.05, 4.69) is 17.3 Å². The molecule has 0 bridgehead atoms. The number of rotatable bonds is 4. The van der Waals surface area contributed by atoms with Gasteiger partial charge in [-0.2, -0.15) is 5.10 Å². The first kappa shape index (κ1) is 15.4. The SMILES string of the molecule is CCn1nc(C)c(C(C)NC(=O)c2cc(C)oc2C)c1C. The summed E-state index contributed by atoms with van der Waals surface area (Å²) in [5.74, 6) is 1.28. The van der Waals surface area contributed by atoms with Crippen LogP contribution in [-0.4, -0.2) is 15.7 Å². The maximum atomic E-state index is 12.4. The number of aryl methyl sites for hydroxylation is 4. The molecule has 0 aliphatic carbocycles. The number of amides is 1. The molecule has 2 rings (SSSR count). The summed E-state index contributed by atoms with van der Waals surface area (Å²) >= 11 is 0. The molecule has 0 aliphatic heterocycles. The predicted octanol–water partition coefficient (Wildman–Crippen LogP) is 3.22. The fraction of sp³-hybridized carbons (Fsp3) is 0.500. The minimum absolute atomic E-state index is 0.0904. The number of nitrogens with one attached hydrogen (secondary N) is 1. The molecule has 2 heterocycles. The van der Waals surface area contributed by atoms with Crippen molar-refractivity contribution in [2.24, 2.45) is 0 Å². The second-order valence-corrected chi connectivity index (χ2v) is 5.42. The van der Waals surface area contributed by atoms with E-state index in [9.17, 15) is 4.79 Å². The zero-order valence-corrected chi connectivity index (χ0v) is 13.6. The molecule has 5 heteroatoms. The molecule has 0 spiro atoms. The zero-order valence-electron chi connectivity index (χ0n) is 13.6. The number of carbonyl (C=O) groups is 1. The van der Waals surface area contributed by atoms with Gasteiger partial charge in [0.15, 0.2) is 0 Å². The van der Waals surface area contributed by atoms with Crippen LogP contribution < -0.4 is 5.32 Å². The average Bonchev–Trinajstić information content (AvgIpc) is 2.88. The molecule has 1 amide bonds. The Morgan fingerprint density at radius 1 is 1.38 bits per heavy atom. The van der Waals surface area contributed by atoms with Crippen LogP contribution in [-0.2, 0) is 6.54 Å². The molecular formula is C16H23N3O2. The maximum absolute atomic E-state index is 12.4. The molecule has 0 aromatic carbocycles. The highest BCUT2D eigenvalue weighted by atomic mass is 16.3. The average molecular weight is 289 g/mol. The molecule has 5 nitrogen and oxygen atoms in total. The summed E-state index contributed by atoms with van der Waals surface area (Å²) in [7, 11) is 0. The lowest BCUT2D eigenvalue weighted by Gasteiger charge is -2.14. The van der Waals surface area contributed by atoms with E-state index in [1.54, 1.807) is 13.0 Å². The smallest absolute Gasteiger partial charge is 0.255 e. The lowest BCUT2D eigenvalue weighted by Crippen LogP contribution is -2.27. The lowest BCUT2D eigenvalue weighted by molar-refractivity contribution is 0.0938. The van der Waals surface area contributed by atoms with Gasteiger partial charge in [0.1, 0.15) is 11.5 Å². The van der Waals surface area contributed by atoms with Crippen LogP contribution in [0.4, 0.5) is 0 Å². The number of aromatic nitrogens is 2. The Kier molecular flexibility index (Phi) is 4.21. The number of furan rings is 1. The Hall–Kier alpha value is -2.04. The van der Waals surface area contributed by atoms with Crippen molar-refractivity contribution in [3.63, 3.8) is 0 Å². The Balaban J connectivity index is 2.22. The fourth-order valence-electron chi connectivity index (χ4n) is 2.85. The van der Waals surface area contributed by atoms with Gasteiger partial charge in [-0.1, -0.05) is 0 Å². The van der Waals surface area contributed by atoms with Crippen molar-refractivity contribution in [2.45, 2.75) is 54.1 Å². The number of carbonyl (C=O) groups excluding carboxylic acids is 1. The van der Waals surface area contributed by atoms with Crippen molar-refractivity contribution >= 4 is 5.91 Å². The second kappa shape index (κ2) is 5.76. The first-order valence-corrected chi connectivity index (χ1v) is 7.26. The van der Waals surface area contributed by atoms with Crippen LogP contribution in [0.2, 0.25) is 0 Å². The summed E-state index contributed by atoms with van der Waals surface area (Å²) in [5.41, 5.74) is 3.74. The van der Waals surface area contributed by atoms with Gasteiger partial charge in [0.2, 0.25) is 0 Å². The second-order valence-electron chi connectivity index (χ2n) is 5.42. The van der Waals surface area contributed by atoms with Gasteiger partial charge >= 0.3 is 0 Å². The van der Waals surface area contributed by atoms with E-state index in [0.717, 1.165) is 29.3 Å². The van der Waals surface area contributed by atoms with Crippen molar-refractivity contribution < 1.29 is 9.21 Å². The maximum Gasteiger partial charge on any atom is 0.255 e. The van der Waals surface area contributed by atoms with E-state index in [4.69, 9.17) is 4.42 Å². The highest BCUT2D eigenvalue weighted by Crippen LogP contribution is 2.22. The molecule has 21 heavy (non-hydrogen) atoms. The highest BCUT2D eigenvalue weighted by molar-refractivity contribution is 5.95. The Morgan fingerprint density at radius 3 is 2.52 bits per heavy atom. The molecular weight excluding hydrogens is 266 g/mol. The molecule has 1 atom stereocenters. The molecule has 0 fully saturated rings. The molecule has 0 saturated carbocycles. The van der Waals surface area contributed by atoms with E-state index in [1.165, 1.54) is 0 Å². The normalized spacial score (nSPS) is 12.5. The van der Waals surface area contributed by atoms with Crippen LogP contribution in [0.15, 0.2) is 10.5 Å². The molecule has 0 radical (unpaired) electrons. The zero-order chi connectivity index (χ0) is 15.7. The summed E-state index contributed by atoms with van der Waals surface area (Å²) in [4.78, 5) is 12.4. The molecule has 0 aliphatic rings. The summed E-state index contributed by atoms with van der Waals surface area (Å²) in [6.45, 7) is 12.5. The van der Waals surface area contributed by atoms with Crippen molar-refractivity contribution in [1.82, 2.24) is 15.1 Å². The van der Waals surface area contributed by atoms with Gasteiger partial charge in [0.25, 0.3) is 5.91 Å². The molecule has 1 N–H and O–H groups in total. The van der Waals surface area contributed by atoms with E-state index in [0.29, 0.717) is 11.3 Å². The van der Waals surface area contributed by atoms with Crippen LogP contribution in [0.5, 0.6) is 0 Å². The fourth-order valence-corrected chi connectivity index (χ4v) is 2.85. The quantitative estimate of drug-likeness (QED) is 0.940. The first-order valence-electron chi connectivity index (χ1n) is 7.26. The van der Waals surface area contributed by atoms with Crippen molar-refractivity contribution in [3.05, 3.63) is 40.1 Å². The van der Waals surface area contributed by atoms with Gasteiger partial charge in [-0.25, -0.2) is 0 Å². The predicted molar refractivity (Wildman–Crippen MR) is 81.4 cm³/mol. The van der Waals surface area contributed by atoms with Crippen molar-refractivity contribution in [3.8, 4) is 0 Å². The summed E-state index contributed by atoms with van der Waals surface area (Å²) < 4.78 is 7.37. The summed E-state index contributed by atoms with van der Waals surface area (Å²) in [6.07, 6.45) is 0. The Morgan fingerprint density at radius 2 is 2.05 bits per heavy atom. The number of hydrogen-bond donors (Lipinski definition) is 1. The monoisotopic (exact) mass is 289 g/mol. The minimum atomic E-state index is -0.111. The van der Waals surface area contributed by atoms with Gasteiger partial charge in [0.05, 0.1) is 17.3 Å². The largest absolute Gasteiger partial charge is 0.466 e. The summed E-state index contributed by atoms with van der Waals surface area (Å²) in [6, 6.07) is 1.68. The third-order valence-electron chi connectivity index (χ3n) is 3.80. The van der Waals surface area contributed by atoms with Gasteiger partial charge in [-0.05, 0) is 47.6 Å². The number of hydrogen-bond acceptors (Lipinski definition) is 3. The molecule has 114 valence electrons. The summed E-state index contributed by atoms with van der Waals surface area (Å²) in [5, 5.41) is 7.53. The molecule has 0 saturated heterocycles. The topological polar surface area (TPSA) is 60.1 Å². The van der Waals surface area contributed by atoms with Crippen LogP contribution in [0.3, 0.4) is 0 Å². The highest BCUT2D eigenvalue weighted by Gasteiger charge is 2.21. The minimum Gasteiger partial charge on any atom is -0.466 e. The Labute approximate surface area is 125 Å². The lowest BCUT2D eigenvalue weighted by atomic mass is 10.1. The van der Waals surface area contributed by atoms with E-state index >= 15 is 0 Å². The van der Waals surface area contributed by atoms with E-state index in [1.807, 2.05) is 32.4 Å². The number of nitrogens with zero attached hydrogens (tertiary/aromatic N) is 2. The third-order valence-corrected chi connectivity index (χ3v) is 3.80. The van der Waals surface area contributed by atoms with Gasteiger partial charge in [-0.3, -0.25) is 9.48 Å². The van der Waals surface area contributed by atoms with Crippen molar-refractivity contribution in [1.29, 1.82) is 0 Å². The van der Waals surface area contributed by atoms with E-state index < -0.39 is 0 Å². The van der Waals surface area contributed by atoms with Crippen LogP contribution in [0.25, 0.3) is 0 Å². The van der Waals surface area contributed by atoms with Crippen LogP contribution >= 0.6 is 0 Å². The standard InChI is InChI=1S/C16H23N3O2/c1-7-19-12(5)15(11(4)18-19)10(3)17-16(20)14-8-9(2)21-13(14)6/h8,10H,7H2,1-6H3,(H,17,20). The van der Waals surface area contributed by atoms with Crippen LogP contribution in [0, 0.1) is 27.7 Å². The van der Waals surface area contributed by atoms with Crippen LogP contribution in [0.1, 0.15) is 58.7 Å². The molecule has 2 aromatic heterocycles. The third kappa shape index (κ3) is 2.86. The van der Waals surface area contributed by atoms with E-state index in [-0.39, 0.29) is 11.9 Å². The molecule has 1 unspecified atom stereocenters. The van der Waals surface area contributed by atoms with Gasteiger partial charge in [-0.15, -0.1) is 0 Å². The van der Waals surface area contributed by atoms with Gasteiger partial charge in [0, 0.05) is 17.8 Å². The van der Waals surface area contributed by atoms with Crippen molar-refractivity contribution in [2.75, 3.05) is 0 Å². The molecule has 2 aromatic rings.